The number of H-pyrrole nitrogens is 1. The number of hydrogen-bond acceptors (Lipinski definition) is 7. The Bertz CT molecular complexity index is 810. The van der Waals surface area contributed by atoms with Crippen molar-refractivity contribution in [3.63, 3.8) is 0 Å². The predicted octanol–water partition coefficient (Wildman–Crippen LogP) is -0.126. The van der Waals surface area contributed by atoms with Gasteiger partial charge in [0.25, 0.3) is 5.56 Å². The highest BCUT2D eigenvalue weighted by Crippen LogP contribution is 2.32. The summed E-state index contributed by atoms with van der Waals surface area (Å²) in [5.41, 5.74) is -0.187. The molecule has 0 spiro atoms. The lowest BCUT2D eigenvalue weighted by Gasteiger charge is -2.18. The zero-order valence-electron chi connectivity index (χ0n) is 12.1. The van der Waals surface area contributed by atoms with Gasteiger partial charge >= 0.3 is 4.87 Å². The fourth-order valence-corrected chi connectivity index (χ4v) is 3.53. The van der Waals surface area contributed by atoms with Crippen LogP contribution < -0.4 is 10.4 Å². The molecule has 1 aliphatic heterocycles. The fraction of sp³-hybridized carbons (Fsp3) is 0.615. The first-order valence-electron chi connectivity index (χ1n) is 7.06. The second-order valence-electron chi connectivity index (χ2n) is 5.39. The average molecular weight is 327 g/mol. The van der Waals surface area contributed by atoms with Gasteiger partial charge in [0.2, 0.25) is 0 Å². The van der Waals surface area contributed by atoms with E-state index in [1.54, 1.807) is 6.92 Å². The molecule has 22 heavy (non-hydrogen) atoms. The van der Waals surface area contributed by atoms with Gasteiger partial charge in [-0.25, -0.2) is 4.98 Å². The maximum absolute atomic E-state index is 12.2. The SMILES string of the molecule is CC[C@H](O)[C@@H]1C[C@@H](O)[C@H](n2c(=O)sc3c(=O)[nH]c(C)nc32)O1. The fourth-order valence-electron chi connectivity index (χ4n) is 2.69. The number of nitrogens with zero attached hydrogens (tertiary/aromatic N) is 2. The third kappa shape index (κ3) is 2.39. The maximum Gasteiger partial charge on any atom is 0.311 e. The number of aromatic nitrogens is 3. The number of hydrogen-bond donors (Lipinski definition) is 3. The Morgan fingerprint density at radius 3 is 2.95 bits per heavy atom. The molecule has 2 aromatic rings. The van der Waals surface area contributed by atoms with Crippen molar-refractivity contribution in [3.8, 4) is 0 Å². The van der Waals surface area contributed by atoms with Gasteiger partial charge in [0.15, 0.2) is 11.9 Å². The maximum atomic E-state index is 12.2. The van der Waals surface area contributed by atoms with Gasteiger partial charge < -0.3 is 19.9 Å². The summed E-state index contributed by atoms with van der Waals surface area (Å²) >= 11 is 0.766. The van der Waals surface area contributed by atoms with Crippen LogP contribution in [0.1, 0.15) is 31.8 Å². The Morgan fingerprint density at radius 1 is 1.55 bits per heavy atom. The molecule has 0 amide bonds. The molecule has 8 nitrogen and oxygen atoms in total. The van der Waals surface area contributed by atoms with Crippen LogP contribution in [0.5, 0.6) is 0 Å². The summed E-state index contributed by atoms with van der Waals surface area (Å²) in [6.45, 7) is 3.42. The minimum atomic E-state index is -0.943. The molecule has 0 unspecified atom stereocenters. The van der Waals surface area contributed by atoms with Gasteiger partial charge in [-0.1, -0.05) is 18.3 Å². The van der Waals surface area contributed by atoms with Crippen LogP contribution in [0.2, 0.25) is 0 Å². The van der Waals surface area contributed by atoms with E-state index in [1.807, 2.05) is 6.92 Å². The standard InChI is InChI=1S/C13H17N3O5S/c1-3-6(17)8-4-7(18)12(21-8)16-10-9(22-13(16)20)11(19)15-5(2)14-10/h6-8,12,17-18H,3-4H2,1-2H3,(H,14,15,19)/t6-,7+,8-,12+/m0/s1. The monoisotopic (exact) mass is 327 g/mol. The second kappa shape index (κ2) is 5.58. The first-order valence-corrected chi connectivity index (χ1v) is 7.87. The van der Waals surface area contributed by atoms with Crippen LogP contribution >= 0.6 is 11.3 Å². The minimum Gasteiger partial charge on any atom is -0.390 e. The third-order valence-corrected chi connectivity index (χ3v) is 4.75. The van der Waals surface area contributed by atoms with Crippen LogP contribution in [0.3, 0.4) is 0 Å². The van der Waals surface area contributed by atoms with Crippen molar-refractivity contribution in [2.24, 2.45) is 0 Å². The van der Waals surface area contributed by atoms with Gasteiger partial charge in [-0.3, -0.25) is 14.2 Å². The minimum absolute atomic E-state index is 0.200. The molecule has 9 heteroatoms. The molecule has 0 saturated carbocycles. The lowest BCUT2D eigenvalue weighted by atomic mass is 10.1. The number of ether oxygens (including phenoxy) is 1. The predicted molar refractivity (Wildman–Crippen MR) is 80.1 cm³/mol. The van der Waals surface area contributed by atoms with E-state index < -0.39 is 29.4 Å². The van der Waals surface area contributed by atoms with Crippen molar-refractivity contribution >= 4 is 21.7 Å². The smallest absolute Gasteiger partial charge is 0.311 e. The molecule has 1 fully saturated rings. The molecule has 3 rings (SSSR count). The first kappa shape index (κ1) is 15.3. The number of fused-ring (bicyclic) bond motifs is 1. The van der Waals surface area contributed by atoms with Gasteiger partial charge in [-0.05, 0) is 13.3 Å². The van der Waals surface area contributed by atoms with Crippen molar-refractivity contribution in [1.82, 2.24) is 14.5 Å². The molecule has 120 valence electrons. The van der Waals surface area contributed by atoms with Crippen LogP contribution in [-0.2, 0) is 4.74 Å². The van der Waals surface area contributed by atoms with Crippen molar-refractivity contribution in [2.45, 2.75) is 51.2 Å². The van der Waals surface area contributed by atoms with Gasteiger partial charge in [0.05, 0.1) is 12.2 Å². The summed E-state index contributed by atoms with van der Waals surface area (Å²) in [7, 11) is 0. The molecule has 1 aliphatic rings. The molecule has 2 aromatic heterocycles. The number of nitrogens with one attached hydrogen (secondary N) is 1. The van der Waals surface area contributed by atoms with Crippen molar-refractivity contribution in [3.05, 3.63) is 25.8 Å². The van der Waals surface area contributed by atoms with Gasteiger partial charge in [-0.2, -0.15) is 0 Å². The Hall–Kier alpha value is -1.55. The summed E-state index contributed by atoms with van der Waals surface area (Å²) in [5.74, 6) is 0.377. The zero-order valence-corrected chi connectivity index (χ0v) is 13.0. The van der Waals surface area contributed by atoms with Gasteiger partial charge in [-0.15, -0.1) is 0 Å². The van der Waals surface area contributed by atoms with Crippen molar-refractivity contribution in [1.29, 1.82) is 0 Å². The average Bonchev–Trinajstić information content (AvgIpc) is 2.98. The molecule has 3 N–H and O–H groups in total. The van der Waals surface area contributed by atoms with Gasteiger partial charge in [0, 0.05) is 6.42 Å². The molecule has 0 aliphatic carbocycles. The number of aliphatic hydroxyl groups excluding tert-OH is 2. The van der Waals surface area contributed by atoms with E-state index in [1.165, 1.54) is 4.57 Å². The molecule has 0 aromatic carbocycles. The van der Waals surface area contributed by atoms with Crippen LogP contribution in [0, 0.1) is 6.92 Å². The lowest BCUT2D eigenvalue weighted by Crippen LogP contribution is -2.28. The highest BCUT2D eigenvalue weighted by Gasteiger charge is 2.40. The molecule has 1 saturated heterocycles. The van der Waals surface area contributed by atoms with Gasteiger partial charge in [0.1, 0.15) is 16.6 Å². The molecule has 4 atom stereocenters. The summed E-state index contributed by atoms with van der Waals surface area (Å²) in [4.78, 5) is 30.4. The normalized spacial score (nSPS) is 26.6. The van der Waals surface area contributed by atoms with E-state index in [0.717, 1.165) is 11.3 Å². The lowest BCUT2D eigenvalue weighted by molar-refractivity contribution is -0.0752. The highest BCUT2D eigenvalue weighted by atomic mass is 32.1. The molecular weight excluding hydrogens is 310 g/mol. The molecular formula is C13H17N3O5S. The third-order valence-electron chi connectivity index (χ3n) is 3.81. The van der Waals surface area contributed by atoms with Crippen LogP contribution in [0.4, 0.5) is 0 Å². The molecule has 3 heterocycles. The Morgan fingerprint density at radius 2 is 2.27 bits per heavy atom. The van der Waals surface area contributed by atoms with Crippen LogP contribution in [0.25, 0.3) is 10.3 Å². The number of aryl methyl sites for hydroxylation is 1. The topological polar surface area (TPSA) is 117 Å². The molecule has 0 bridgehead atoms. The van der Waals surface area contributed by atoms with Crippen LogP contribution in [0.15, 0.2) is 9.59 Å². The van der Waals surface area contributed by atoms with E-state index in [0.29, 0.717) is 12.2 Å². The largest absolute Gasteiger partial charge is 0.390 e. The summed E-state index contributed by atoms with van der Waals surface area (Å²) in [6.07, 6.45) is -2.43. The quantitative estimate of drug-likeness (QED) is 0.723. The Labute approximate surface area is 129 Å². The van der Waals surface area contributed by atoms with Crippen LogP contribution in [-0.4, -0.2) is 43.1 Å². The first-order chi connectivity index (χ1) is 10.4. The number of aliphatic hydroxyl groups is 2. The van der Waals surface area contributed by atoms with E-state index in [9.17, 15) is 19.8 Å². The van der Waals surface area contributed by atoms with E-state index in [2.05, 4.69) is 9.97 Å². The summed E-state index contributed by atoms with van der Waals surface area (Å²) in [5, 5.41) is 20.1. The highest BCUT2D eigenvalue weighted by molar-refractivity contribution is 7.16. The zero-order chi connectivity index (χ0) is 16.0. The Kier molecular flexibility index (Phi) is 3.89. The van der Waals surface area contributed by atoms with Crippen molar-refractivity contribution < 1.29 is 14.9 Å². The number of aromatic amines is 1. The number of thiazole rings is 1. The Balaban J connectivity index is 2.09. The van der Waals surface area contributed by atoms with E-state index >= 15 is 0 Å². The second-order valence-corrected chi connectivity index (χ2v) is 6.35. The van der Waals surface area contributed by atoms with Crippen molar-refractivity contribution in [2.75, 3.05) is 0 Å². The van der Waals surface area contributed by atoms with E-state index in [4.69, 9.17) is 4.74 Å². The molecule has 0 radical (unpaired) electrons. The summed E-state index contributed by atoms with van der Waals surface area (Å²) < 4.78 is 7.06. The summed E-state index contributed by atoms with van der Waals surface area (Å²) in [6, 6.07) is 0. The number of rotatable bonds is 3. The van der Waals surface area contributed by atoms with E-state index in [-0.39, 0.29) is 22.3 Å².